The zero-order chi connectivity index (χ0) is 28.2. The standard InChI is InChI=1S/C30H33F4NO4/c1-26-9-8-20(36)10-21(26)22(33)11-23-27(2)12-18-16-35(15-17-4-6-19(32)7-5-17)39-30(18,25(38)14-31)28(27,3)13-24(37)29(23,26)34/h4-10,18,22-24,37H,11-16H2,1-3H3/t18-,22-,23-,24-,26-,27-,28-,29-,30-/m0/s1. The van der Waals surface area contributed by atoms with Gasteiger partial charge in [-0.25, -0.2) is 17.6 Å². The Kier molecular flexibility index (Phi) is 5.73. The zero-order valence-corrected chi connectivity index (χ0v) is 22.2. The average Bonchev–Trinajstić information content (AvgIpc) is 3.33. The summed E-state index contributed by atoms with van der Waals surface area (Å²) >= 11 is 0. The minimum absolute atomic E-state index is 0.0227. The largest absolute Gasteiger partial charge is 0.390 e. The first kappa shape index (κ1) is 26.8. The van der Waals surface area contributed by atoms with Crippen LogP contribution in [0.4, 0.5) is 17.6 Å². The molecule has 1 heterocycles. The Bertz CT molecular complexity index is 1300. The zero-order valence-electron chi connectivity index (χ0n) is 22.2. The highest BCUT2D eigenvalue weighted by molar-refractivity contribution is 6.01. The number of rotatable bonds is 4. The third kappa shape index (κ3) is 3.12. The molecule has 210 valence electrons. The molecule has 0 amide bonds. The SMILES string of the molecule is C[C@]12C[C@H](O)[C@@]3(F)[C@@H](C[C@H](F)C4=CC(=O)C=C[C@@]43C)[C@]1(C)C[C@H]1CN(Cc3ccc(F)cc3)O[C@]12C(=O)CF. The first-order valence-electron chi connectivity index (χ1n) is 13.5. The van der Waals surface area contributed by atoms with Crippen LogP contribution >= 0.6 is 0 Å². The van der Waals surface area contributed by atoms with Gasteiger partial charge in [-0.15, -0.1) is 0 Å². The molecule has 0 bridgehead atoms. The molecule has 0 aromatic heterocycles. The number of hydroxylamine groups is 2. The molecule has 4 fully saturated rings. The minimum atomic E-state index is -2.32. The second-order valence-corrected chi connectivity index (χ2v) is 12.8. The predicted octanol–water partition coefficient (Wildman–Crippen LogP) is 4.79. The molecule has 9 atom stereocenters. The van der Waals surface area contributed by atoms with Crippen molar-refractivity contribution >= 4 is 11.6 Å². The van der Waals surface area contributed by atoms with E-state index in [1.807, 2.05) is 6.92 Å². The van der Waals surface area contributed by atoms with Crippen LogP contribution in [0, 0.1) is 33.9 Å². The van der Waals surface area contributed by atoms with Crippen LogP contribution in [-0.2, 0) is 21.0 Å². The van der Waals surface area contributed by atoms with E-state index in [0.29, 0.717) is 0 Å². The second kappa shape index (κ2) is 8.33. The van der Waals surface area contributed by atoms with Gasteiger partial charge in [-0.1, -0.05) is 32.1 Å². The Morgan fingerprint density at radius 1 is 1.18 bits per heavy atom. The molecule has 6 rings (SSSR count). The number of ketones is 2. The smallest absolute Gasteiger partial charge is 0.198 e. The summed E-state index contributed by atoms with van der Waals surface area (Å²) in [5, 5.41) is 13.2. The molecule has 0 unspecified atom stereocenters. The van der Waals surface area contributed by atoms with Gasteiger partial charge >= 0.3 is 0 Å². The van der Waals surface area contributed by atoms with E-state index in [0.717, 1.165) is 11.6 Å². The molecule has 1 saturated heterocycles. The van der Waals surface area contributed by atoms with Gasteiger partial charge in [0.05, 0.1) is 6.10 Å². The number of alkyl halides is 3. The summed E-state index contributed by atoms with van der Waals surface area (Å²) in [6.07, 6.45) is 0.278. The molecule has 3 saturated carbocycles. The van der Waals surface area contributed by atoms with E-state index in [1.165, 1.54) is 31.2 Å². The lowest BCUT2D eigenvalue weighted by Crippen LogP contribution is -2.73. The van der Waals surface area contributed by atoms with E-state index < -0.39 is 75.7 Å². The van der Waals surface area contributed by atoms with Crippen molar-refractivity contribution in [2.75, 3.05) is 13.2 Å². The highest BCUT2D eigenvalue weighted by Gasteiger charge is 2.83. The van der Waals surface area contributed by atoms with Gasteiger partial charge in [-0.05, 0) is 67.0 Å². The Balaban J connectivity index is 1.43. The maximum absolute atomic E-state index is 17.6. The van der Waals surface area contributed by atoms with Crippen molar-refractivity contribution in [3.63, 3.8) is 0 Å². The summed E-state index contributed by atoms with van der Waals surface area (Å²) in [6.45, 7) is 4.25. The lowest BCUT2D eigenvalue weighted by molar-refractivity contribution is -0.288. The van der Waals surface area contributed by atoms with Crippen LogP contribution in [0.2, 0.25) is 0 Å². The summed E-state index contributed by atoms with van der Waals surface area (Å²) in [4.78, 5) is 32.0. The summed E-state index contributed by atoms with van der Waals surface area (Å²) < 4.78 is 61.1. The van der Waals surface area contributed by atoms with Crippen molar-refractivity contribution < 1.29 is 37.1 Å². The topological polar surface area (TPSA) is 66.8 Å². The number of hydrogen-bond donors (Lipinski definition) is 1. The fourth-order valence-corrected chi connectivity index (χ4v) is 9.26. The molecule has 1 aromatic carbocycles. The third-order valence-electron chi connectivity index (χ3n) is 11.2. The lowest BCUT2D eigenvalue weighted by Gasteiger charge is -2.67. The van der Waals surface area contributed by atoms with Crippen LogP contribution in [0.1, 0.15) is 45.6 Å². The second-order valence-electron chi connectivity index (χ2n) is 12.8. The molecule has 1 aliphatic heterocycles. The fourth-order valence-electron chi connectivity index (χ4n) is 9.26. The van der Waals surface area contributed by atoms with Crippen LogP contribution in [-0.4, -0.2) is 58.5 Å². The molecule has 5 nitrogen and oxygen atoms in total. The molecule has 1 aromatic rings. The predicted molar refractivity (Wildman–Crippen MR) is 134 cm³/mol. The van der Waals surface area contributed by atoms with E-state index in [2.05, 4.69) is 0 Å². The monoisotopic (exact) mass is 547 g/mol. The van der Waals surface area contributed by atoms with Crippen LogP contribution in [0.3, 0.4) is 0 Å². The Morgan fingerprint density at radius 3 is 2.54 bits per heavy atom. The van der Waals surface area contributed by atoms with Crippen LogP contribution < -0.4 is 0 Å². The minimum Gasteiger partial charge on any atom is -0.390 e. The number of allylic oxidation sites excluding steroid dienone is 4. The van der Waals surface area contributed by atoms with E-state index >= 15 is 8.78 Å². The van der Waals surface area contributed by atoms with Gasteiger partial charge in [-0.2, -0.15) is 5.06 Å². The van der Waals surface area contributed by atoms with Crippen LogP contribution in [0.25, 0.3) is 0 Å². The van der Waals surface area contributed by atoms with Crippen molar-refractivity contribution in [1.82, 2.24) is 5.06 Å². The summed E-state index contributed by atoms with van der Waals surface area (Å²) in [7, 11) is 0. The van der Waals surface area contributed by atoms with Gasteiger partial charge in [0.2, 0.25) is 0 Å². The number of carbonyl (C=O) groups excluding carboxylic acids is 2. The molecule has 9 heteroatoms. The van der Waals surface area contributed by atoms with Gasteiger partial charge in [0.1, 0.15) is 12.0 Å². The highest BCUT2D eigenvalue weighted by atomic mass is 19.1. The normalized spacial score (nSPS) is 46.8. The Hall–Kier alpha value is -2.36. The number of aliphatic hydroxyl groups is 1. The number of benzene rings is 1. The number of hydrogen-bond acceptors (Lipinski definition) is 5. The van der Waals surface area contributed by atoms with E-state index in [4.69, 9.17) is 4.84 Å². The number of nitrogens with zero attached hydrogens (tertiary/aromatic N) is 1. The van der Waals surface area contributed by atoms with Gasteiger partial charge in [0, 0.05) is 35.8 Å². The molecular formula is C30H33F4NO4. The van der Waals surface area contributed by atoms with Crippen molar-refractivity contribution in [3.05, 3.63) is 59.4 Å². The Morgan fingerprint density at radius 2 is 1.87 bits per heavy atom. The summed E-state index contributed by atoms with van der Waals surface area (Å²) in [5.74, 6) is -3.15. The van der Waals surface area contributed by atoms with Crippen molar-refractivity contribution in [1.29, 1.82) is 0 Å². The van der Waals surface area contributed by atoms with Crippen molar-refractivity contribution in [2.45, 2.75) is 70.1 Å². The molecule has 5 aliphatic rings. The molecule has 39 heavy (non-hydrogen) atoms. The maximum Gasteiger partial charge on any atom is 0.198 e. The van der Waals surface area contributed by atoms with E-state index in [-0.39, 0.29) is 37.9 Å². The molecule has 1 N–H and O–H groups in total. The number of halogens is 4. The Labute approximate surface area is 224 Å². The number of carbonyl (C=O) groups is 2. The first-order chi connectivity index (χ1) is 18.3. The van der Waals surface area contributed by atoms with Gasteiger partial charge < -0.3 is 5.11 Å². The molecule has 0 spiro atoms. The van der Waals surface area contributed by atoms with Crippen molar-refractivity contribution in [3.8, 4) is 0 Å². The van der Waals surface area contributed by atoms with E-state index in [9.17, 15) is 23.5 Å². The highest BCUT2D eigenvalue weighted by Crippen LogP contribution is 2.77. The maximum atomic E-state index is 17.6. The summed E-state index contributed by atoms with van der Waals surface area (Å²) in [6, 6.07) is 5.83. The molecular weight excluding hydrogens is 514 g/mol. The van der Waals surface area contributed by atoms with Crippen LogP contribution in [0.15, 0.2) is 48.1 Å². The van der Waals surface area contributed by atoms with Crippen LogP contribution in [0.5, 0.6) is 0 Å². The van der Waals surface area contributed by atoms with Gasteiger partial charge in [0.25, 0.3) is 0 Å². The van der Waals surface area contributed by atoms with Gasteiger partial charge in [-0.3, -0.25) is 14.4 Å². The van der Waals surface area contributed by atoms with E-state index in [1.54, 1.807) is 24.1 Å². The first-order valence-corrected chi connectivity index (χ1v) is 13.5. The average molecular weight is 548 g/mol. The fraction of sp³-hybridized carbons (Fsp3) is 0.600. The number of Topliss-reactive ketones (excluding diaryl/α,β-unsaturated/α-hetero) is 1. The quantitative estimate of drug-likeness (QED) is 0.550. The third-order valence-corrected chi connectivity index (χ3v) is 11.2. The lowest BCUT2D eigenvalue weighted by atomic mass is 9.39. The summed E-state index contributed by atoms with van der Waals surface area (Å²) in [5.41, 5.74) is -7.06. The van der Waals surface area contributed by atoms with Crippen molar-refractivity contribution in [2.24, 2.45) is 28.1 Å². The number of fused-ring (bicyclic) bond motifs is 7. The molecule has 0 radical (unpaired) electrons. The number of aliphatic hydroxyl groups excluding tert-OH is 1. The van der Waals surface area contributed by atoms with Gasteiger partial charge in [0.15, 0.2) is 29.5 Å². The molecule has 4 aliphatic carbocycles.